The fraction of sp³-hybridized carbons (Fsp3) is 0.143. The molecular weight excluding hydrogens is 315 g/mol. The van der Waals surface area contributed by atoms with Crippen LogP contribution in [0.15, 0.2) is 35.2 Å². The van der Waals surface area contributed by atoms with E-state index in [0.717, 1.165) is 0 Å². The molecule has 0 fully saturated rings. The molecule has 0 spiro atoms. The lowest BCUT2D eigenvalue weighted by Gasteiger charge is -2.12. The van der Waals surface area contributed by atoms with Gasteiger partial charge >= 0.3 is 0 Å². The fourth-order valence-corrected chi connectivity index (χ4v) is 3.46. The summed E-state index contributed by atoms with van der Waals surface area (Å²) in [5.74, 6) is -0.407. The van der Waals surface area contributed by atoms with Gasteiger partial charge in [-0.2, -0.15) is 0 Å². The van der Waals surface area contributed by atoms with Crippen molar-refractivity contribution >= 4 is 33.0 Å². The molecule has 0 radical (unpaired) electrons. The number of aryl methyl sites for hydroxylation is 2. The minimum absolute atomic E-state index is 0.0769. The maximum atomic E-state index is 13.2. The molecule has 112 valence electrons. The molecule has 2 rings (SSSR count). The summed E-state index contributed by atoms with van der Waals surface area (Å²) in [7, 11) is -3.90. The van der Waals surface area contributed by atoms with E-state index in [4.69, 9.17) is 17.3 Å². The number of nitrogens with one attached hydrogen (secondary N) is 1. The van der Waals surface area contributed by atoms with Crippen LogP contribution in [0.4, 0.5) is 15.8 Å². The van der Waals surface area contributed by atoms with E-state index in [0.29, 0.717) is 16.8 Å². The molecule has 0 unspecified atom stereocenters. The van der Waals surface area contributed by atoms with Crippen molar-refractivity contribution in [2.24, 2.45) is 0 Å². The number of halogens is 2. The van der Waals surface area contributed by atoms with Gasteiger partial charge in [0, 0.05) is 11.4 Å². The summed E-state index contributed by atoms with van der Waals surface area (Å²) in [4.78, 5) is -0.116. The predicted molar refractivity (Wildman–Crippen MR) is 82.5 cm³/mol. The average molecular weight is 329 g/mol. The van der Waals surface area contributed by atoms with Crippen molar-refractivity contribution < 1.29 is 12.8 Å². The van der Waals surface area contributed by atoms with Gasteiger partial charge < -0.3 is 5.73 Å². The summed E-state index contributed by atoms with van der Waals surface area (Å²) in [6.07, 6.45) is 0. The second kappa shape index (κ2) is 5.54. The molecule has 0 aliphatic heterocycles. The second-order valence-electron chi connectivity index (χ2n) is 4.71. The van der Waals surface area contributed by atoms with E-state index in [1.165, 1.54) is 30.3 Å². The van der Waals surface area contributed by atoms with Crippen LogP contribution in [0, 0.1) is 19.7 Å². The molecule has 4 nitrogen and oxygen atoms in total. The first-order valence-electron chi connectivity index (χ1n) is 6.05. The lowest BCUT2D eigenvalue weighted by atomic mass is 10.2. The van der Waals surface area contributed by atoms with Crippen LogP contribution in [0.25, 0.3) is 0 Å². The average Bonchev–Trinajstić information content (AvgIpc) is 2.37. The van der Waals surface area contributed by atoms with E-state index in [2.05, 4.69) is 4.72 Å². The van der Waals surface area contributed by atoms with Gasteiger partial charge in [-0.25, -0.2) is 12.8 Å². The molecule has 2 aromatic rings. The first-order chi connectivity index (χ1) is 9.70. The zero-order valence-corrected chi connectivity index (χ0v) is 13.0. The summed E-state index contributed by atoms with van der Waals surface area (Å²) in [5, 5.41) is 0.0769. The van der Waals surface area contributed by atoms with Gasteiger partial charge in [-0.3, -0.25) is 4.72 Å². The lowest BCUT2D eigenvalue weighted by Crippen LogP contribution is -2.14. The van der Waals surface area contributed by atoms with Crippen LogP contribution in [0.2, 0.25) is 5.02 Å². The first kappa shape index (κ1) is 15.6. The van der Waals surface area contributed by atoms with Crippen LogP contribution in [-0.4, -0.2) is 8.42 Å². The standard InChI is InChI=1S/C14H14ClFN2O2S/c1-8-5-10(3-4-12(8)16)18-21(19,20)14-7-13(17)9(2)6-11(14)15/h3-7,18H,17H2,1-2H3. The Hall–Kier alpha value is -1.79. The van der Waals surface area contributed by atoms with Crippen molar-refractivity contribution in [2.75, 3.05) is 10.5 Å². The van der Waals surface area contributed by atoms with Crippen molar-refractivity contribution in [3.05, 3.63) is 52.3 Å². The van der Waals surface area contributed by atoms with E-state index < -0.39 is 15.8 Å². The summed E-state index contributed by atoms with van der Waals surface area (Å²) in [6, 6.07) is 6.72. The highest BCUT2D eigenvalue weighted by Gasteiger charge is 2.19. The van der Waals surface area contributed by atoms with E-state index >= 15 is 0 Å². The van der Waals surface area contributed by atoms with Gasteiger partial charge in [0.2, 0.25) is 0 Å². The molecule has 0 saturated heterocycles. The Morgan fingerprint density at radius 3 is 2.43 bits per heavy atom. The molecular formula is C14H14ClFN2O2S. The summed E-state index contributed by atoms with van der Waals surface area (Å²) >= 11 is 5.97. The number of hydrogen-bond acceptors (Lipinski definition) is 3. The molecule has 3 N–H and O–H groups in total. The van der Waals surface area contributed by atoms with Gasteiger partial charge in [0.25, 0.3) is 10.0 Å². The van der Waals surface area contributed by atoms with E-state index in [-0.39, 0.29) is 15.6 Å². The molecule has 7 heteroatoms. The molecule has 0 atom stereocenters. The predicted octanol–water partition coefficient (Wildman–Crippen LogP) is 3.48. The van der Waals surface area contributed by atoms with Crippen molar-refractivity contribution in [3.8, 4) is 0 Å². The monoisotopic (exact) mass is 328 g/mol. The molecule has 0 aromatic heterocycles. The molecule has 2 aromatic carbocycles. The van der Waals surface area contributed by atoms with E-state index in [9.17, 15) is 12.8 Å². The van der Waals surface area contributed by atoms with Crippen molar-refractivity contribution in [2.45, 2.75) is 18.7 Å². The smallest absolute Gasteiger partial charge is 0.263 e. The fourth-order valence-electron chi connectivity index (χ4n) is 1.79. The third kappa shape index (κ3) is 3.28. The first-order valence-corrected chi connectivity index (χ1v) is 7.91. The van der Waals surface area contributed by atoms with Crippen LogP contribution < -0.4 is 10.5 Å². The molecule has 0 amide bonds. The topological polar surface area (TPSA) is 72.2 Å². The Morgan fingerprint density at radius 1 is 1.14 bits per heavy atom. The van der Waals surface area contributed by atoms with Crippen molar-refractivity contribution in [1.82, 2.24) is 0 Å². The Labute approximate surface area is 127 Å². The van der Waals surface area contributed by atoms with E-state index in [1.807, 2.05) is 0 Å². The van der Waals surface area contributed by atoms with Crippen LogP contribution in [0.1, 0.15) is 11.1 Å². The maximum Gasteiger partial charge on any atom is 0.263 e. The van der Waals surface area contributed by atoms with E-state index in [1.54, 1.807) is 13.8 Å². The normalized spacial score (nSPS) is 11.4. The highest BCUT2D eigenvalue weighted by molar-refractivity contribution is 7.92. The van der Waals surface area contributed by atoms with Crippen molar-refractivity contribution in [3.63, 3.8) is 0 Å². The highest BCUT2D eigenvalue weighted by Crippen LogP contribution is 2.28. The Balaban J connectivity index is 2.43. The minimum atomic E-state index is -3.90. The molecule has 0 aliphatic carbocycles. The Morgan fingerprint density at radius 2 is 1.81 bits per heavy atom. The SMILES string of the molecule is Cc1cc(Cl)c(S(=O)(=O)Nc2ccc(F)c(C)c2)cc1N. The van der Waals surface area contributed by atoms with Gasteiger partial charge in [-0.15, -0.1) is 0 Å². The largest absolute Gasteiger partial charge is 0.398 e. The van der Waals surface area contributed by atoms with Crippen LogP contribution in [0.3, 0.4) is 0 Å². The van der Waals surface area contributed by atoms with Crippen LogP contribution >= 0.6 is 11.6 Å². The zero-order chi connectivity index (χ0) is 15.8. The third-order valence-electron chi connectivity index (χ3n) is 3.02. The zero-order valence-electron chi connectivity index (χ0n) is 11.4. The molecule has 0 saturated carbocycles. The van der Waals surface area contributed by atoms with Gasteiger partial charge in [0.05, 0.1) is 5.02 Å². The number of sulfonamides is 1. The molecule has 0 bridgehead atoms. The van der Waals surface area contributed by atoms with Crippen LogP contribution in [0.5, 0.6) is 0 Å². The second-order valence-corrected chi connectivity index (χ2v) is 6.77. The highest BCUT2D eigenvalue weighted by atomic mass is 35.5. The quantitative estimate of drug-likeness (QED) is 0.847. The Kier molecular flexibility index (Phi) is 4.11. The lowest BCUT2D eigenvalue weighted by molar-refractivity contribution is 0.601. The van der Waals surface area contributed by atoms with Gasteiger partial charge in [0.15, 0.2) is 0 Å². The number of rotatable bonds is 3. The van der Waals surface area contributed by atoms with Crippen molar-refractivity contribution in [1.29, 1.82) is 0 Å². The number of nitrogen functional groups attached to an aromatic ring is 1. The summed E-state index contributed by atoms with van der Waals surface area (Å²) < 4.78 is 40.2. The van der Waals surface area contributed by atoms with Gasteiger partial charge in [-0.1, -0.05) is 11.6 Å². The number of nitrogens with two attached hydrogens (primary N) is 1. The summed E-state index contributed by atoms with van der Waals surface area (Å²) in [6.45, 7) is 3.28. The maximum absolute atomic E-state index is 13.2. The molecule has 21 heavy (non-hydrogen) atoms. The summed E-state index contributed by atoms with van der Waals surface area (Å²) in [5.41, 5.74) is 7.33. The van der Waals surface area contributed by atoms with Crippen LogP contribution in [-0.2, 0) is 10.0 Å². The number of benzene rings is 2. The minimum Gasteiger partial charge on any atom is -0.398 e. The molecule has 0 aliphatic rings. The number of hydrogen-bond donors (Lipinski definition) is 2. The van der Waals surface area contributed by atoms with Gasteiger partial charge in [-0.05, 0) is 55.3 Å². The Bertz CT molecular complexity index is 807. The van der Waals surface area contributed by atoms with Gasteiger partial charge in [0.1, 0.15) is 10.7 Å². The molecule has 0 heterocycles. The number of anilines is 2. The third-order valence-corrected chi connectivity index (χ3v) is 4.87.